The summed E-state index contributed by atoms with van der Waals surface area (Å²) >= 11 is 5.97. The molecule has 2 atom stereocenters. The molecule has 0 aliphatic carbocycles. The molecule has 0 saturated heterocycles. The number of nitrogens with two attached hydrogens (primary N) is 1. The fourth-order valence-electron chi connectivity index (χ4n) is 5.29. The van der Waals surface area contributed by atoms with Crippen LogP contribution in [0.2, 0.25) is 5.02 Å². The number of aliphatic hydroxyl groups excluding tert-OH is 1. The summed E-state index contributed by atoms with van der Waals surface area (Å²) in [5, 5.41) is 16.1. The lowest BCUT2D eigenvalue weighted by Gasteiger charge is -2.28. The number of imidazole rings is 1. The van der Waals surface area contributed by atoms with E-state index in [2.05, 4.69) is 44.5 Å². The van der Waals surface area contributed by atoms with Crippen molar-refractivity contribution in [2.75, 3.05) is 13.2 Å². The second-order valence-corrected chi connectivity index (χ2v) is 11.1. The minimum Gasteiger partial charge on any atom is -0.492 e. The number of aromatic nitrogens is 2. The lowest BCUT2D eigenvalue weighted by Crippen LogP contribution is -2.46. The van der Waals surface area contributed by atoms with Crippen LogP contribution in [-0.4, -0.2) is 45.7 Å². The quantitative estimate of drug-likeness (QED) is 0.184. The van der Waals surface area contributed by atoms with E-state index in [9.17, 15) is 9.59 Å². The lowest BCUT2D eigenvalue weighted by atomic mass is 9.96. The number of aliphatic hydroxyl groups is 1. The third-order valence-corrected chi connectivity index (χ3v) is 7.90. The molecule has 0 bridgehead atoms. The molecule has 224 valence electrons. The Hall–Kier alpha value is -4.18. The van der Waals surface area contributed by atoms with Crippen molar-refractivity contribution in [1.82, 2.24) is 20.2 Å². The Morgan fingerprint density at radius 2 is 1.81 bits per heavy atom. The molecule has 0 spiro atoms. The van der Waals surface area contributed by atoms with Crippen LogP contribution in [0.5, 0.6) is 5.75 Å². The number of rotatable bonds is 13. The van der Waals surface area contributed by atoms with Gasteiger partial charge >= 0.3 is 0 Å². The third kappa shape index (κ3) is 7.81. The maximum atomic E-state index is 13.4. The van der Waals surface area contributed by atoms with E-state index in [1.54, 1.807) is 30.3 Å². The molecule has 2 amide bonds. The first-order valence-electron chi connectivity index (χ1n) is 14.4. The molecule has 10 heteroatoms. The van der Waals surface area contributed by atoms with Crippen molar-refractivity contribution in [3.05, 3.63) is 118 Å². The SMILES string of the molecule is NC(=O)C(Cc1ccc(Cl)cc1)NC(=O)c1cccc2c1OCCC2NCc1cncn1Cc1ccc(CCCO)cc1. The van der Waals surface area contributed by atoms with Gasteiger partial charge in [-0.2, -0.15) is 0 Å². The highest BCUT2D eigenvalue weighted by molar-refractivity contribution is 6.30. The maximum absolute atomic E-state index is 13.4. The van der Waals surface area contributed by atoms with Gasteiger partial charge in [0.15, 0.2) is 0 Å². The number of halogens is 1. The second kappa shape index (κ2) is 14.3. The van der Waals surface area contributed by atoms with Gasteiger partial charge in [0.25, 0.3) is 5.91 Å². The van der Waals surface area contributed by atoms with Crippen molar-refractivity contribution in [3.63, 3.8) is 0 Å². The zero-order valence-electron chi connectivity index (χ0n) is 23.8. The molecule has 1 aliphatic heterocycles. The van der Waals surface area contributed by atoms with Gasteiger partial charge in [-0.25, -0.2) is 4.98 Å². The Kier molecular flexibility index (Phi) is 10.1. The molecule has 3 aromatic carbocycles. The largest absolute Gasteiger partial charge is 0.492 e. The molecule has 2 heterocycles. The lowest BCUT2D eigenvalue weighted by molar-refractivity contribution is -0.119. The van der Waals surface area contributed by atoms with Crippen molar-refractivity contribution in [1.29, 1.82) is 0 Å². The van der Waals surface area contributed by atoms with Crippen molar-refractivity contribution in [2.24, 2.45) is 5.73 Å². The Bertz CT molecular complexity index is 1540. The van der Waals surface area contributed by atoms with Gasteiger partial charge < -0.3 is 30.8 Å². The van der Waals surface area contributed by atoms with E-state index in [-0.39, 0.29) is 19.1 Å². The summed E-state index contributed by atoms with van der Waals surface area (Å²) in [5.74, 6) is -0.535. The number of ether oxygens (including phenoxy) is 1. The number of primary amides is 1. The summed E-state index contributed by atoms with van der Waals surface area (Å²) in [6, 6.07) is 20.1. The normalized spacial score (nSPS) is 14.9. The summed E-state index contributed by atoms with van der Waals surface area (Å²) in [6.45, 7) is 1.92. The topological polar surface area (TPSA) is 132 Å². The molecule has 4 aromatic rings. The first kappa shape index (κ1) is 30.3. The van der Waals surface area contributed by atoms with Crippen LogP contribution in [-0.2, 0) is 30.7 Å². The molecule has 43 heavy (non-hydrogen) atoms. The summed E-state index contributed by atoms with van der Waals surface area (Å²) < 4.78 is 8.11. The van der Waals surface area contributed by atoms with Gasteiger partial charge in [-0.05, 0) is 47.7 Å². The molecule has 0 saturated carbocycles. The smallest absolute Gasteiger partial charge is 0.255 e. The highest BCUT2D eigenvalue weighted by atomic mass is 35.5. The molecule has 5 rings (SSSR count). The van der Waals surface area contributed by atoms with Crippen LogP contribution in [0.15, 0.2) is 79.3 Å². The van der Waals surface area contributed by atoms with E-state index in [1.807, 2.05) is 24.7 Å². The van der Waals surface area contributed by atoms with Crippen molar-refractivity contribution in [2.45, 2.75) is 50.9 Å². The summed E-state index contributed by atoms with van der Waals surface area (Å²) in [7, 11) is 0. The number of para-hydroxylation sites is 1. The van der Waals surface area contributed by atoms with E-state index in [0.29, 0.717) is 36.0 Å². The third-order valence-electron chi connectivity index (χ3n) is 7.65. The molecule has 5 N–H and O–H groups in total. The molecular formula is C33H36ClN5O4. The van der Waals surface area contributed by atoms with Gasteiger partial charge in [-0.3, -0.25) is 9.59 Å². The molecule has 0 radical (unpaired) electrons. The first-order valence-corrected chi connectivity index (χ1v) is 14.8. The predicted octanol–water partition coefficient (Wildman–Crippen LogP) is 3.95. The van der Waals surface area contributed by atoms with Gasteiger partial charge in [-0.15, -0.1) is 0 Å². The zero-order chi connectivity index (χ0) is 30.2. The Balaban J connectivity index is 1.24. The van der Waals surface area contributed by atoms with Crippen LogP contribution in [0.1, 0.15) is 57.2 Å². The van der Waals surface area contributed by atoms with E-state index >= 15 is 0 Å². The number of aryl methyl sites for hydroxylation is 1. The average molecular weight is 602 g/mol. The number of carbonyl (C=O) groups excluding carboxylic acids is 2. The van der Waals surface area contributed by atoms with E-state index in [0.717, 1.165) is 36.1 Å². The maximum Gasteiger partial charge on any atom is 0.255 e. The van der Waals surface area contributed by atoms with Crippen LogP contribution >= 0.6 is 11.6 Å². The molecule has 2 unspecified atom stereocenters. The number of nitrogens with one attached hydrogen (secondary N) is 2. The fraction of sp³-hybridized carbons (Fsp3) is 0.303. The van der Waals surface area contributed by atoms with Gasteiger partial charge in [0, 0.05) is 55.4 Å². The number of nitrogens with zero attached hydrogens (tertiary/aromatic N) is 2. The second-order valence-electron chi connectivity index (χ2n) is 10.7. The molecule has 9 nitrogen and oxygen atoms in total. The first-order chi connectivity index (χ1) is 20.9. The molecule has 1 aromatic heterocycles. The average Bonchev–Trinajstić information content (AvgIpc) is 3.46. The number of fused-ring (bicyclic) bond motifs is 1. The van der Waals surface area contributed by atoms with Gasteiger partial charge in [-0.1, -0.05) is 60.1 Å². The number of hydrogen-bond acceptors (Lipinski definition) is 6. The minimum atomic E-state index is -0.890. The molecule has 0 fully saturated rings. The highest BCUT2D eigenvalue weighted by Gasteiger charge is 2.28. The zero-order valence-corrected chi connectivity index (χ0v) is 24.6. The van der Waals surface area contributed by atoms with Gasteiger partial charge in [0.05, 0.1) is 24.2 Å². The van der Waals surface area contributed by atoms with Crippen molar-refractivity contribution < 1.29 is 19.4 Å². The number of amides is 2. The minimum absolute atomic E-state index is 0.0355. The number of hydrogen-bond donors (Lipinski definition) is 4. The summed E-state index contributed by atoms with van der Waals surface area (Å²) in [5.41, 5.74) is 11.1. The Morgan fingerprint density at radius 3 is 2.56 bits per heavy atom. The molecule has 1 aliphatic rings. The van der Waals surface area contributed by atoms with Crippen LogP contribution in [0.4, 0.5) is 0 Å². The van der Waals surface area contributed by atoms with Gasteiger partial charge in [0.2, 0.25) is 5.91 Å². The van der Waals surface area contributed by atoms with E-state index in [4.69, 9.17) is 27.2 Å². The number of benzene rings is 3. The Labute approximate surface area is 256 Å². The fourth-order valence-corrected chi connectivity index (χ4v) is 5.41. The highest BCUT2D eigenvalue weighted by Crippen LogP contribution is 2.35. The Morgan fingerprint density at radius 1 is 1.07 bits per heavy atom. The van der Waals surface area contributed by atoms with Crippen LogP contribution in [0.25, 0.3) is 0 Å². The molecular weight excluding hydrogens is 566 g/mol. The van der Waals surface area contributed by atoms with Crippen molar-refractivity contribution >= 4 is 23.4 Å². The van der Waals surface area contributed by atoms with E-state index in [1.165, 1.54) is 11.1 Å². The van der Waals surface area contributed by atoms with E-state index < -0.39 is 17.9 Å². The summed E-state index contributed by atoms with van der Waals surface area (Å²) in [6.07, 6.45) is 6.30. The monoisotopic (exact) mass is 601 g/mol. The van der Waals surface area contributed by atoms with Crippen LogP contribution < -0.4 is 21.1 Å². The number of carbonyl (C=O) groups is 2. The predicted molar refractivity (Wildman–Crippen MR) is 165 cm³/mol. The van der Waals surface area contributed by atoms with Gasteiger partial charge in [0.1, 0.15) is 11.8 Å². The summed E-state index contributed by atoms with van der Waals surface area (Å²) in [4.78, 5) is 29.9. The van der Waals surface area contributed by atoms with Crippen molar-refractivity contribution in [3.8, 4) is 5.75 Å². The van der Waals surface area contributed by atoms with Crippen LogP contribution in [0.3, 0.4) is 0 Å². The van der Waals surface area contributed by atoms with Crippen LogP contribution in [0, 0.1) is 0 Å². The standard InChI is InChI=1S/C33H36ClN5O4/c34-25-12-10-23(11-13-25)17-30(32(35)41)38-33(42)28-5-1-4-27-29(14-16-43-31(27)28)37-19-26-18-36-21-39(26)20-24-8-6-22(7-9-24)3-2-15-40/h1,4-13,18,21,29-30,37,40H,2-3,14-17,19-20H2,(H2,35,41)(H,38,42).